The molecule has 2 fully saturated rings. The summed E-state index contributed by atoms with van der Waals surface area (Å²) in [5, 5.41) is 3.57. The molecule has 2 heterocycles. The average Bonchev–Trinajstić information content (AvgIpc) is 2.87. The van der Waals surface area contributed by atoms with E-state index in [4.69, 9.17) is 4.74 Å². The van der Waals surface area contributed by atoms with Crippen LogP contribution in [0.2, 0.25) is 0 Å². The number of likely N-dealkylation sites (tertiary alicyclic amines) is 1. The van der Waals surface area contributed by atoms with Crippen LogP contribution in [-0.4, -0.2) is 75.9 Å². The van der Waals surface area contributed by atoms with Crippen molar-refractivity contribution in [2.45, 2.75) is 25.3 Å². The molecule has 0 spiro atoms. The number of nitrogens with one attached hydrogen (secondary N) is 1. The average molecular weight is 255 g/mol. The summed E-state index contributed by atoms with van der Waals surface area (Å²) in [5.41, 5.74) is 0. The molecule has 0 radical (unpaired) electrons. The minimum absolute atomic E-state index is 0.746. The van der Waals surface area contributed by atoms with E-state index in [1.165, 1.54) is 32.4 Å². The maximum absolute atomic E-state index is 5.39. The molecule has 0 aromatic carbocycles. The molecule has 4 nitrogen and oxygen atoms in total. The number of hydrogen-bond acceptors (Lipinski definition) is 4. The lowest BCUT2D eigenvalue weighted by Crippen LogP contribution is -2.46. The third-order valence-electron chi connectivity index (χ3n) is 4.32. The Morgan fingerprint density at radius 1 is 1.39 bits per heavy atom. The first-order valence-corrected chi connectivity index (χ1v) is 7.43. The summed E-state index contributed by atoms with van der Waals surface area (Å²) in [6.45, 7) is 7.80. The van der Waals surface area contributed by atoms with Crippen LogP contribution in [0, 0.1) is 5.92 Å². The smallest absolute Gasteiger partial charge is 0.0507 e. The SMILES string of the molecule is CN1CCCC(N(C)CCNCC2CCOC2)C1. The highest BCUT2D eigenvalue weighted by Crippen LogP contribution is 2.13. The van der Waals surface area contributed by atoms with Crippen molar-refractivity contribution in [1.29, 1.82) is 0 Å². The molecule has 2 atom stereocenters. The second-order valence-corrected chi connectivity index (χ2v) is 5.97. The molecular formula is C14H29N3O. The van der Waals surface area contributed by atoms with E-state index in [2.05, 4.69) is 29.2 Å². The molecular weight excluding hydrogens is 226 g/mol. The minimum Gasteiger partial charge on any atom is -0.381 e. The summed E-state index contributed by atoms with van der Waals surface area (Å²) in [5.74, 6) is 0.746. The largest absolute Gasteiger partial charge is 0.381 e. The van der Waals surface area contributed by atoms with Gasteiger partial charge in [0.05, 0.1) is 6.61 Å². The van der Waals surface area contributed by atoms with Crippen molar-refractivity contribution >= 4 is 0 Å². The number of rotatable bonds is 6. The zero-order chi connectivity index (χ0) is 12.8. The lowest BCUT2D eigenvalue weighted by Gasteiger charge is -2.36. The van der Waals surface area contributed by atoms with Crippen LogP contribution < -0.4 is 5.32 Å². The Bertz CT molecular complexity index is 231. The quantitative estimate of drug-likeness (QED) is 0.705. The first kappa shape index (κ1) is 14.3. The van der Waals surface area contributed by atoms with Crippen LogP contribution in [0.4, 0.5) is 0 Å². The fourth-order valence-corrected chi connectivity index (χ4v) is 2.99. The van der Waals surface area contributed by atoms with Gasteiger partial charge in [-0.15, -0.1) is 0 Å². The summed E-state index contributed by atoms with van der Waals surface area (Å²) < 4.78 is 5.39. The van der Waals surface area contributed by atoms with Gasteiger partial charge in [0.1, 0.15) is 0 Å². The summed E-state index contributed by atoms with van der Waals surface area (Å²) in [6.07, 6.45) is 3.94. The summed E-state index contributed by atoms with van der Waals surface area (Å²) >= 11 is 0. The topological polar surface area (TPSA) is 27.7 Å². The number of nitrogens with zero attached hydrogens (tertiary/aromatic N) is 2. The zero-order valence-electron chi connectivity index (χ0n) is 12.0. The molecule has 18 heavy (non-hydrogen) atoms. The third-order valence-corrected chi connectivity index (χ3v) is 4.32. The van der Waals surface area contributed by atoms with E-state index in [1.54, 1.807) is 0 Å². The van der Waals surface area contributed by atoms with Gasteiger partial charge < -0.3 is 19.9 Å². The fourth-order valence-electron chi connectivity index (χ4n) is 2.99. The predicted octanol–water partition coefficient (Wildman–Crippen LogP) is 0.639. The molecule has 0 aliphatic carbocycles. The van der Waals surface area contributed by atoms with E-state index in [9.17, 15) is 0 Å². The van der Waals surface area contributed by atoms with Crippen LogP contribution in [0.25, 0.3) is 0 Å². The van der Waals surface area contributed by atoms with Gasteiger partial charge in [0.25, 0.3) is 0 Å². The van der Waals surface area contributed by atoms with Gasteiger partial charge in [-0.2, -0.15) is 0 Å². The molecule has 2 aliphatic heterocycles. The van der Waals surface area contributed by atoms with Crippen molar-refractivity contribution in [3.05, 3.63) is 0 Å². The monoisotopic (exact) mass is 255 g/mol. The Kier molecular flexibility index (Phi) is 5.89. The van der Waals surface area contributed by atoms with E-state index >= 15 is 0 Å². The van der Waals surface area contributed by atoms with Crippen LogP contribution in [0.3, 0.4) is 0 Å². The summed E-state index contributed by atoms with van der Waals surface area (Å²) in [4.78, 5) is 4.97. The predicted molar refractivity (Wildman–Crippen MR) is 74.9 cm³/mol. The van der Waals surface area contributed by atoms with E-state index in [0.29, 0.717) is 0 Å². The van der Waals surface area contributed by atoms with Gasteiger partial charge in [-0.05, 0) is 45.8 Å². The van der Waals surface area contributed by atoms with Gasteiger partial charge in [0.15, 0.2) is 0 Å². The first-order chi connectivity index (χ1) is 8.75. The van der Waals surface area contributed by atoms with Crippen LogP contribution >= 0.6 is 0 Å². The number of ether oxygens (including phenoxy) is 1. The molecule has 4 heteroatoms. The highest BCUT2D eigenvalue weighted by molar-refractivity contribution is 4.78. The second-order valence-electron chi connectivity index (χ2n) is 5.97. The third kappa shape index (κ3) is 4.50. The maximum atomic E-state index is 5.39. The van der Waals surface area contributed by atoms with Gasteiger partial charge in [-0.3, -0.25) is 0 Å². The molecule has 2 rings (SSSR count). The number of piperidine rings is 1. The van der Waals surface area contributed by atoms with E-state index in [0.717, 1.165) is 44.8 Å². The van der Waals surface area contributed by atoms with E-state index < -0.39 is 0 Å². The van der Waals surface area contributed by atoms with Crippen molar-refractivity contribution in [1.82, 2.24) is 15.1 Å². The van der Waals surface area contributed by atoms with Crippen LogP contribution in [0.15, 0.2) is 0 Å². The Labute approximate surface area is 112 Å². The maximum Gasteiger partial charge on any atom is 0.0507 e. The molecule has 2 unspecified atom stereocenters. The van der Waals surface area contributed by atoms with Gasteiger partial charge >= 0.3 is 0 Å². The first-order valence-electron chi connectivity index (χ1n) is 7.43. The Hall–Kier alpha value is -0.160. The van der Waals surface area contributed by atoms with Gasteiger partial charge in [0.2, 0.25) is 0 Å². The standard InChI is InChI=1S/C14H29N3O/c1-16-7-3-4-14(11-16)17(2)8-6-15-10-13-5-9-18-12-13/h13-15H,3-12H2,1-2H3. The second kappa shape index (κ2) is 7.43. The van der Waals surface area contributed by atoms with Crippen molar-refractivity contribution in [3.63, 3.8) is 0 Å². The number of hydrogen-bond donors (Lipinski definition) is 1. The zero-order valence-corrected chi connectivity index (χ0v) is 12.0. The van der Waals surface area contributed by atoms with Gasteiger partial charge in [-0.1, -0.05) is 0 Å². The van der Waals surface area contributed by atoms with Crippen molar-refractivity contribution in [3.8, 4) is 0 Å². The Morgan fingerprint density at radius 2 is 2.28 bits per heavy atom. The highest BCUT2D eigenvalue weighted by atomic mass is 16.5. The lowest BCUT2D eigenvalue weighted by molar-refractivity contribution is 0.134. The van der Waals surface area contributed by atoms with Gasteiger partial charge in [-0.25, -0.2) is 0 Å². The molecule has 0 bridgehead atoms. The van der Waals surface area contributed by atoms with Crippen LogP contribution in [0.5, 0.6) is 0 Å². The summed E-state index contributed by atoms with van der Waals surface area (Å²) in [7, 11) is 4.50. The molecule has 106 valence electrons. The molecule has 2 aliphatic rings. The molecule has 0 aromatic rings. The van der Waals surface area contributed by atoms with Crippen LogP contribution in [-0.2, 0) is 4.74 Å². The number of likely N-dealkylation sites (N-methyl/N-ethyl adjacent to an activating group) is 2. The van der Waals surface area contributed by atoms with Crippen LogP contribution in [0.1, 0.15) is 19.3 Å². The normalized spacial score (nSPS) is 30.2. The van der Waals surface area contributed by atoms with E-state index in [-0.39, 0.29) is 0 Å². The molecule has 0 amide bonds. The molecule has 0 aromatic heterocycles. The minimum atomic E-state index is 0.746. The molecule has 1 N–H and O–H groups in total. The van der Waals surface area contributed by atoms with E-state index in [1.807, 2.05) is 0 Å². The summed E-state index contributed by atoms with van der Waals surface area (Å²) in [6, 6.07) is 0.750. The fraction of sp³-hybridized carbons (Fsp3) is 1.00. The van der Waals surface area contributed by atoms with Crippen molar-refractivity contribution < 1.29 is 4.74 Å². The van der Waals surface area contributed by atoms with Gasteiger partial charge in [0, 0.05) is 38.8 Å². The Balaban J connectivity index is 1.54. The molecule has 0 saturated carbocycles. The lowest BCUT2D eigenvalue weighted by atomic mass is 10.1. The van der Waals surface area contributed by atoms with Crippen molar-refractivity contribution in [2.24, 2.45) is 5.92 Å². The van der Waals surface area contributed by atoms with Crippen molar-refractivity contribution in [2.75, 3.05) is 60.0 Å². The Morgan fingerprint density at radius 3 is 3.00 bits per heavy atom. The highest BCUT2D eigenvalue weighted by Gasteiger charge is 2.20. The molecule has 2 saturated heterocycles.